The van der Waals surface area contributed by atoms with Crippen molar-refractivity contribution in [2.45, 2.75) is 39.9 Å². The summed E-state index contributed by atoms with van der Waals surface area (Å²) in [5.41, 5.74) is 1.25. The molecule has 0 saturated carbocycles. The van der Waals surface area contributed by atoms with Gasteiger partial charge in [-0.25, -0.2) is 0 Å². The maximum Gasteiger partial charge on any atom is 0.120 e. The molecule has 0 unspecified atom stereocenters. The minimum atomic E-state index is 0.662. The zero-order valence-corrected chi connectivity index (χ0v) is 12.7. The van der Waals surface area contributed by atoms with Gasteiger partial charge in [-0.05, 0) is 39.4 Å². The zero-order valence-electron chi connectivity index (χ0n) is 12.7. The summed E-state index contributed by atoms with van der Waals surface area (Å²) < 4.78 is 5.91. The highest BCUT2D eigenvalue weighted by molar-refractivity contribution is 5.20. The van der Waals surface area contributed by atoms with Crippen molar-refractivity contribution >= 4 is 0 Å². The lowest BCUT2D eigenvalue weighted by Gasteiger charge is -2.36. The Balaban J connectivity index is 1.87. The van der Waals surface area contributed by atoms with Crippen molar-refractivity contribution in [1.82, 2.24) is 15.1 Å². The van der Waals surface area contributed by atoms with Crippen LogP contribution in [0.2, 0.25) is 0 Å². The molecule has 1 fully saturated rings. The van der Waals surface area contributed by atoms with Gasteiger partial charge in [-0.3, -0.25) is 9.80 Å². The van der Waals surface area contributed by atoms with Crippen LogP contribution in [0.1, 0.15) is 30.9 Å². The predicted molar refractivity (Wildman–Crippen MR) is 78.2 cm³/mol. The quantitative estimate of drug-likeness (QED) is 0.880. The average Bonchev–Trinajstić information content (AvgIpc) is 2.71. The molecular weight excluding hydrogens is 238 g/mol. The second-order valence-electron chi connectivity index (χ2n) is 5.76. The molecule has 1 aliphatic rings. The van der Waals surface area contributed by atoms with E-state index in [1.807, 2.05) is 7.05 Å². The molecule has 4 heteroatoms. The summed E-state index contributed by atoms with van der Waals surface area (Å²) in [6, 6.07) is 2.84. The Morgan fingerprint density at radius 2 is 1.95 bits per heavy atom. The van der Waals surface area contributed by atoms with Crippen LogP contribution in [-0.4, -0.2) is 49.1 Å². The van der Waals surface area contributed by atoms with Crippen LogP contribution in [0, 0.1) is 6.92 Å². The molecule has 0 bridgehead atoms. The summed E-state index contributed by atoms with van der Waals surface area (Å²) in [5, 5.41) is 3.15. The topological polar surface area (TPSA) is 31.7 Å². The van der Waals surface area contributed by atoms with Crippen molar-refractivity contribution in [3.63, 3.8) is 0 Å². The van der Waals surface area contributed by atoms with Gasteiger partial charge in [-0.15, -0.1) is 0 Å². The van der Waals surface area contributed by atoms with Gasteiger partial charge in [-0.2, -0.15) is 0 Å². The fourth-order valence-electron chi connectivity index (χ4n) is 2.66. The third kappa shape index (κ3) is 3.81. The standard InChI is InChI=1S/C15H27N3O/c1-12(2)18-7-5-17(6-8-18)11-14-9-13(3)15(19-14)10-16-4/h9,12,16H,5-8,10-11H2,1-4H3. The molecule has 1 aromatic rings. The van der Waals surface area contributed by atoms with Crippen molar-refractivity contribution < 1.29 is 4.42 Å². The van der Waals surface area contributed by atoms with Crippen molar-refractivity contribution in [3.05, 3.63) is 23.2 Å². The lowest BCUT2D eigenvalue weighted by molar-refractivity contribution is 0.0987. The Morgan fingerprint density at radius 3 is 2.53 bits per heavy atom. The molecule has 1 aromatic heterocycles. The normalized spacial score (nSPS) is 18.4. The Bertz CT molecular complexity index is 392. The van der Waals surface area contributed by atoms with E-state index in [-0.39, 0.29) is 0 Å². The van der Waals surface area contributed by atoms with E-state index >= 15 is 0 Å². The summed E-state index contributed by atoms with van der Waals surface area (Å²) in [6.45, 7) is 13.0. The van der Waals surface area contributed by atoms with Gasteiger partial charge in [0, 0.05) is 32.2 Å². The van der Waals surface area contributed by atoms with E-state index in [0.29, 0.717) is 6.04 Å². The lowest BCUT2D eigenvalue weighted by Crippen LogP contribution is -2.48. The average molecular weight is 265 g/mol. The first-order valence-corrected chi connectivity index (χ1v) is 7.29. The zero-order chi connectivity index (χ0) is 13.8. The number of nitrogens with zero attached hydrogens (tertiary/aromatic N) is 2. The summed E-state index contributed by atoms with van der Waals surface area (Å²) in [6.07, 6.45) is 0. The molecule has 0 atom stereocenters. The number of hydrogen-bond acceptors (Lipinski definition) is 4. The molecule has 1 N–H and O–H groups in total. The van der Waals surface area contributed by atoms with Gasteiger partial charge in [0.05, 0.1) is 13.1 Å². The third-order valence-electron chi connectivity index (χ3n) is 3.93. The fourth-order valence-corrected chi connectivity index (χ4v) is 2.66. The van der Waals surface area contributed by atoms with Gasteiger partial charge < -0.3 is 9.73 Å². The second kappa shape index (κ2) is 6.55. The van der Waals surface area contributed by atoms with E-state index in [1.165, 1.54) is 18.7 Å². The van der Waals surface area contributed by atoms with Crippen LogP contribution >= 0.6 is 0 Å². The summed E-state index contributed by atoms with van der Waals surface area (Å²) >= 11 is 0. The molecule has 1 saturated heterocycles. The number of rotatable bonds is 5. The molecule has 0 radical (unpaired) electrons. The number of nitrogens with one attached hydrogen (secondary N) is 1. The molecular formula is C15H27N3O. The third-order valence-corrected chi connectivity index (χ3v) is 3.93. The van der Waals surface area contributed by atoms with Gasteiger partial charge in [0.2, 0.25) is 0 Å². The van der Waals surface area contributed by atoms with Crippen LogP contribution in [0.4, 0.5) is 0 Å². The van der Waals surface area contributed by atoms with Crippen molar-refractivity contribution in [2.75, 3.05) is 33.2 Å². The monoisotopic (exact) mass is 265 g/mol. The van der Waals surface area contributed by atoms with E-state index < -0.39 is 0 Å². The van der Waals surface area contributed by atoms with E-state index in [4.69, 9.17) is 4.42 Å². The molecule has 0 aliphatic carbocycles. The van der Waals surface area contributed by atoms with Crippen molar-refractivity contribution in [1.29, 1.82) is 0 Å². The second-order valence-corrected chi connectivity index (χ2v) is 5.76. The highest BCUT2D eigenvalue weighted by atomic mass is 16.3. The van der Waals surface area contributed by atoms with Gasteiger partial charge >= 0.3 is 0 Å². The minimum absolute atomic E-state index is 0.662. The molecule has 2 rings (SSSR count). The van der Waals surface area contributed by atoms with Gasteiger partial charge in [0.15, 0.2) is 0 Å². The maximum atomic E-state index is 5.91. The molecule has 1 aliphatic heterocycles. The SMILES string of the molecule is CNCc1oc(CN2CCN(C(C)C)CC2)cc1C. The number of furan rings is 1. The number of hydrogen-bond donors (Lipinski definition) is 1. The van der Waals surface area contributed by atoms with E-state index in [1.54, 1.807) is 0 Å². The molecule has 2 heterocycles. The van der Waals surface area contributed by atoms with Gasteiger partial charge in [0.25, 0.3) is 0 Å². The number of piperazine rings is 1. The molecule has 0 aromatic carbocycles. The first-order valence-electron chi connectivity index (χ1n) is 7.29. The highest BCUT2D eigenvalue weighted by Crippen LogP contribution is 2.17. The predicted octanol–water partition coefficient (Wildman–Crippen LogP) is 1.83. The van der Waals surface area contributed by atoms with Crippen LogP contribution < -0.4 is 5.32 Å². The molecule has 0 amide bonds. The van der Waals surface area contributed by atoms with Crippen LogP contribution in [-0.2, 0) is 13.1 Å². The smallest absolute Gasteiger partial charge is 0.120 e. The minimum Gasteiger partial charge on any atom is -0.463 e. The van der Waals surface area contributed by atoms with Crippen LogP contribution in [0.25, 0.3) is 0 Å². The van der Waals surface area contributed by atoms with Gasteiger partial charge in [-0.1, -0.05) is 0 Å². The van der Waals surface area contributed by atoms with E-state index in [0.717, 1.165) is 37.7 Å². The largest absolute Gasteiger partial charge is 0.463 e. The number of aryl methyl sites for hydroxylation is 1. The fraction of sp³-hybridized carbons (Fsp3) is 0.733. The van der Waals surface area contributed by atoms with E-state index in [9.17, 15) is 0 Å². The van der Waals surface area contributed by atoms with Crippen molar-refractivity contribution in [2.24, 2.45) is 0 Å². The first kappa shape index (κ1) is 14.6. The Labute approximate surface area is 116 Å². The van der Waals surface area contributed by atoms with Gasteiger partial charge in [0.1, 0.15) is 11.5 Å². The maximum absolute atomic E-state index is 5.91. The Kier molecular flexibility index (Phi) is 5.02. The first-order chi connectivity index (χ1) is 9.10. The highest BCUT2D eigenvalue weighted by Gasteiger charge is 2.20. The van der Waals surface area contributed by atoms with Crippen LogP contribution in [0.3, 0.4) is 0 Å². The summed E-state index contributed by atoms with van der Waals surface area (Å²) in [4.78, 5) is 5.02. The van der Waals surface area contributed by atoms with Crippen LogP contribution in [0.15, 0.2) is 10.5 Å². The molecule has 19 heavy (non-hydrogen) atoms. The summed E-state index contributed by atoms with van der Waals surface area (Å²) in [7, 11) is 1.95. The Morgan fingerprint density at radius 1 is 1.26 bits per heavy atom. The molecule has 4 nitrogen and oxygen atoms in total. The molecule has 108 valence electrons. The molecule has 0 spiro atoms. The van der Waals surface area contributed by atoms with Crippen LogP contribution in [0.5, 0.6) is 0 Å². The summed E-state index contributed by atoms with van der Waals surface area (Å²) in [5.74, 6) is 2.17. The lowest BCUT2D eigenvalue weighted by atomic mass is 10.2. The van der Waals surface area contributed by atoms with Crippen molar-refractivity contribution in [3.8, 4) is 0 Å². The Hall–Kier alpha value is -0.840. The van der Waals surface area contributed by atoms with E-state index in [2.05, 4.69) is 42.0 Å².